The molecule has 0 fully saturated rings. The molecule has 1 unspecified atom stereocenters. The van der Waals surface area contributed by atoms with Gasteiger partial charge in [-0.1, -0.05) is 36.4 Å². The number of hydrogen-bond acceptors (Lipinski definition) is 2. The summed E-state index contributed by atoms with van der Waals surface area (Å²) in [6.45, 7) is 3.16. The normalized spacial score (nSPS) is 12.2. The Bertz CT molecular complexity index is 551. The van der Waals surface area contributed by atoms with Crippen molar-refractivity contribution >= 4 is 0 Å². The van der Waals surface area contributed by atoms with E-state index in [1.807, 2.05) is 13.1 Å². The zero-order chi connectivity index (χ0) is 14.4. The Morgan fingerprint density at radius 3 is 2.60 bits per heavy atom. The van der Waals surface area contributed by atoms with Gasteiger partial charge in [-0.2, -0.15) is 0 Å². The molecule has 0 bridgehead atoms. The van der Waals surface area contributed by atoms with Crippen molar-refractivity contribution < 1.29 is 4.74 Å². The lowest BCUT2D eigenvalue weighted by atomic mass is 9.89. The molecule has 0 saturated carbocycles. The first kappa shape index (κ1) is 14.6. The van der Waals surface area contributed by atoms with E-state index in [0.29, 0.717) is 5.92 Å². The Morgan fingerprint density at radius 1 is 1.10 bits per heavy atom. The molecule has 0 saturated heterocycles. The van der Waals surface area contributed by atoms with Crippen molar-refractivity contribution in [3.05, 3.63) is 65.2 Å². The zero-order valence-corrected chi connectivity index (χ0v) is 12.5. The van der Waals surface area contributed by atoms with Gasteiger partial charge >= 0.3 is 0 Å². The molecule has 0 radical (unpaired) electrons. The van der Waals surface area contributed by atoms with Crippen LogP contribution in [0.5, 0.6) is 5.75 Å². The molecule has 0 aliphatic heterocycles. The standard InChI is InChI=1S/C18H23NO/c1-14-7-4-5-10-18(14)16(13-19-2)11-15-8-6-9-17(12-15)20-3/h4-10,12,16,19H,11,13H2,1-3H3. The van der Waals surface area contributed by atoms with E-state index in [9.17, 15) is 0 Å². The summed E-state index contributed by atoms with van der Waals surface area (Å²) in [6, 6.07) is 17.0. The molecule has 0 aliphatic rings. The first-order valence-electron chi connectivity index (χ1n) is 7.07. The summed E-state index contributed by atoms with van der Waals surface area (Å²) in [4.78, 5) is 0. The van der Waals surface area contributed by atoms with Gasteiger partial charge in [0.15, 0.2) is 0 Å². The molecule has 2 nitrogen and oxygen atoms in total. The molecule has 2 aromatic carbocycles. The highest BCUT2D eigenvalue weighted by Gasteiger charge is 2.13. The quantitative estimate of drug-likeness (QED) is 0.866. The van der Waals surface area contributed by atoms with Crippen LogP contribution in [0.15, 0.2) is 48.5 Å². The Morgan fingerprint density at radius 2 is 1.90 bits per heavy atom. The Hall–Kier alpha value is -1.80. The van der Waals surface area contributed by atoms with Crippen molar-refractivity contribution in [2.75, 3.05) is 20.7 Å². The molecule has 0 aromatic heterocycles. The fourth-order valence-corrected chi connectivity index (χ4v) is 2.67. The van der Waals surface area contributed by atoms with Crippen LogP contribution < -0.4 is 10.1 Å². The van der Waals surface area contributed by atoms with Crippen molar-refractivity contribution in [2.45, 2.75) is 19.3 Å². The monoisotopic (exact) mass is 269 g/mol. The van der Waals surface area contributed by atoms with E-state index >= 15 is 0 Å². The number of hydrogen-bond donors (Lipinski definition) is 1. The lowest BCUT2D eigenvalue weighted by molar-refractivity contribution is 0.414. The number of ether oxygens (including phenoxy) is 1. The van der Waals surface area contributed by atoms with Crippen LogP contribution in [-0.4, -0.2) is 20.7 Å². The molecule has 0 amide bonds. The minimum Gasteiger partial charge on any atom is -0.497 e. The first-order valence-corrected chi connectivity index (χ1v) is 7.07. The van der Waals surface area contributed by atoms with E-state index in [4.69, 9.17) is 4.74 Å². The number of likely N-dealkylation sites (N-methyl/N-ethyl adjacent to an activating group) is 1. The third-order valence-corrected chi connectivity index (χ3v) is 3.70. The van der Waals surface area contributed by atoms with Gasteiger partial charge in [0.25, 0.3) is 0 Å². The van der Waals surface area contributed by atoms with Gasteiger partial charge in [0.1, 0.15) is 5.75 Å². The largest absolute Gasteiger partial charge is 0.497 e. The molecule has 0 heterocycles. The third kappa shape index (κ3) is 3.61. The fraction of sp³-hybridized carbons (Fsp3) is 0.333. The lowest BCUT2D eigenvalue weighted by Crippen LogP contribution is -2.20. The summed E-state index contributed by atoms with van der Waals surface area (Å²) in [7, 11) is 3.72. The van der Waals surface area contributed by atoms with E-state index in [1.165, 1.54) is 16.7 Å². The average molecular weight is 269 g/mol. The number of aryl methyl sites for hydroxylation is 1. The minimum atomic E-state index is 0.480. The molecule has 2 rings (SSSR count). The summed E-state index contributed by atoms with van der Waals surface area (Å²) >= 11 is 0. The van der Waals surface area contributed by atoms with Crippen molar-refractivity contribution in [1.82, 2.24) is 5.32 Å². The molecular formula is C18H23NO. The maximum atomic E-state index is 5.31. The van der Waals surface area contributed by atoms with Gasteiger partial charge in [0, 0.05) is 12.5 Å². The highest BCUT2D eigenvalue weighted by molar-refractivity contribution is 5.34. The van der Waals surface area contributed by atoms with Crippen LogP contribution in [0.3, 0.4) is 0 Å². The maximum absolute atomic E-state index is 5.31. The zero-order valence-electron chi connectivity index (χ0n) is 12.5. The van der Waals surface area contributed by atoms with E-state index in [2.05, 4.69) is 54.7 Å². The number of methoxy groups -OCH3 is 1. The summed E-state index contributed by atoms with van der Waals surface area (Å²) in [5, 5.41) is 3.31. The lowest BCUT2D eigenvalue weighted by Gasteiger charge is -2.19. The number of benzene rings is 2. The summed E-state index contributed by atoms with van der Waals surface area (Å²) in [5.41, 5.74) is 4.09. The van der Waals surface area contributed by atoms with Gasteiger partial charge in [-0.15, -0.1) is 0 Å². The predicted molar refractivity (Wildman–Crippen MR) is 84.5 cm³/mol. The van der Waals surface area contributed by atoms with Crippen LogP contribution in [0.1, 0.15) is 22.6 Å². The Labute approximate surface area is 121 Å². The molecule has 2 heteroatoms. The highest BCUT2D eigenvalue weighted by atomic mass is 16.5. The van der Waals surface area contributed by atoms with E-state index in [1.54, 1.807) is 7.11 Å². The second-order valence-corrected chi connectivity index (χ2v) is 5.17. The predicted octanol–water partition coefficient (Wildman–Crippen LogP) is 3.55. The molecule has 0 aliphatic carbocycles. The second-order valence-electron chi connectivity index (χ2n) is 5.17. The van der Waals surface area contributed by atoms with Gasteiger partial charge in [-0.05, 0) is 49.2 Å². The van der Waals surface area contributed by atoms with Crippen LogP contribution in [0.2, 0.25) is 0 Å². The number of rotatable bonds is 6. The third-order valence-electron chi connectivity index (χ3n) is 3.70. The molecule has 2 aromatic rings. The van der Waals surface area contributed by atoms with Gasteiger partial charge in [-0.25, -0.2) is 0 Å². The van der Waals surface area contributed by atoms with E-state index in [-0.39, 0.29) is 0 Å². The van der Waals surface area contributed by atoms with Crippen molar-refractivity contribution in [2.24, 2.45) is 0 Å². The smallest absolute Gasteiger partial charge is 0.119 e. The van der Waals surface area contributed by atoms with Crippen molar-refractivity contribution in [3.63, 3.8) is 0 Å². The van der Waals surface area contributed by atoms with E-state index < -0.39 is 0 Å². The molecule has 1 atom stereocenters. The van der Waals surface area contributed by atoms with Crippen LogP contribution in [0.25, 0.3) is 0 Å². The highest BCUT2D eigenvalue weighted by Crippen LogP contribution is 2.25. The SMILES string of the molecule is CNCC(Cc1cccc(OC)c1)c1ccccc1C. The van der Waals surface area contributed by atoms with E-state index in [0.717, 1.165) is 18.7 Å². The summed E-state index contributed by atoms with van der Waals surface area (Å²) < 4.78 is 5.31. The topological polar surface area (TPSA) is 21.3 Å². The van der Waals surface area contributed by atoms with Crippen molar-refractivity contribution in [3.8, 4) is 5.75 Å². The summed E-state index contributed by atoms with van der Waals surface area (Å²) in [6.07, 6.45) is 1.02. The molecule has 20 heavy (non-hydrogen) atoms. The van der Waals surface area contributed by atoms with Crippen LogP contribution in [0.4, 0.5) is 0 Å². The Balaban J connectivity index is 2.23. The van der Waals surface area contributed by atoms with Gasteiger partial charge in [0.05, 0.1) is 7.11 Å². The molecule has 1 N–H and O–H groups in total. The first-order chi connectivity index (χ1) is 9.74. The van der Waals surface area contributed by atoms with Gasteiger partial charge in [-0.3, -0.25) is 0 Å². The maximum Gasteiger partial charge on any atom is 0.119 e. The van der Waals surface area contributed by atoms with Crippen LogP contribution in [0, 0.1) is 6.92 Å². The molecule has 106 valence electrons. The minimum absolute atomic E-state index is 0.480. The second kappa shape index (κ2) is 7.11. The molecular weight excluding hydrogens is 246 g/mol. The van der Waals surface area contributed by atoms with Crippen LogP contribution in [-0.2, 0) is 6.42 Å². The fourth-order valence-electron chi connectivity index (χ4n) is 2.67. The van der Waals surface area contributed by atoms with Crippen molar-refractivity contribution in [1.29, 1.82) is 0 Å². The van der Waals surface area contributed by atoms with Crippen LogP contribution >= 0.6 is 0 Å². The van der Waals surface area contributed by atoms with Gasteiger partial charge in [0.2, 0.25) is 0 Å². The number of nitrogens with one attached hydrogen (secondary N) is 1. The van der Waals surface area contributed by atoms with Gasteiger partial charge < -0.3 is 10.1 Å². The molecule has 0 spiro atoms. The Kier molecular flexibility index (Phi) is 5.19. The average Bonchev–Trinajstić information content (AvgIpc) is 2.47. The summed E-state index contributed by atoms with van der Waals surface area (Å²) in [5.74, 6) is 1.41.